The summed E-state index contributed by atoms with van der Waals surface area (Å²) < 4.78 is 5.41. The van der Waals surface area contributed by atoms with Gasteiger partial charge in [0.15, 0.2) is 5.76 Å². The van der Waals surface area contributed by atoms with E-state index >= 15 is 0 Å². The van der Waals surface area contributed by atoms with E-state index in [4.69, 9.17) is 4.42 Å². The standard InChI is InChI=1S/C15H9N3O4S2/c19-12(9-4-2-6-23-9)10-11(8-3-1-5-22-8)18(14(21)13(10)20)15-17-16-7-24-15/h1-7,11,20H. The monoisotopic (exact) mass is 359 g/mol. The van der Waals surface area contributed by atoms with Gasteiger partial charge in [-0.1, -0.05) is 17.4 Å². The van der Waals surface area contributed by atoms with Gasteiger partial charge in [-0.15, -0.1) is 21.5 Å². The lowest BCUT2D eigenvalue weighted by Crippen LogP contribution is -2.30. The fourth-order valence-electron chi connectivity index (χ4n) is 2.56. The predicted octanol–water partition coefficient (Wildman–Crippen LogP) is 2.98. The van der Waals surface area contributed by atoms with Gasteiger partial charge in [0.1, 0.15) is 17.3 Å². The molecule has 0 bridgehead atoms. The normalized spacial score (nSPS) is 17.8. The summed E-state index contributed by atoms with van der Waals surface area (Å²) in [6.07, 6.45) is 1.45. The van der Waals surface area contributed by atoms with E-state index in [-0.39, 0.29) is 10.7 Å². The van der Waals surface area contributed by atoms with E-state index in [0.717, 1.165) is 11.3 Å². The molecule has 7 nitrogen and oxygen atoms in total. The maximum Gasteiger partial charge on any atom is 0.296 e. The molecule has 1 amide bonds. The third-order valence-corrected chi connectivity index (χ3v) is 5.12. The third kappa shape index (κ3) is 2.17. The van der Waals surface area contributed by atoms with Crippen molar-refractivity contribution in [2.75, 3.05) is 4.90 Å². The summed E-state index contributed by atoms with van der Waals surface area (Å²) in [5.41, 5.74) is 1.45. The Kier molecular flexibility index (Phi) is 3.51. The van der Waals surface area contributed by atoms with Crippen molar-refractivity contribution in [1.82, 2.24) is 10.2 Å². The molecule has 0 radical (unpaired) electrons. The molecule has 120 valence electrons. The number of amides is 1. The fourth-order valence-corrected chi connectivity index (χ4v) is 3.83. The summed E-state index contributed by atoms with van der Waals surface area (Å²) in [6.45, 7) is 0. The van der Waals surface area contributed by atoms with Crippen LogP contribution in [0.3, 0.4) is 0 Å². The lowest BCUT2D eigenvalue weighted by molar-refractivity contribution is -0.117. The van der Waals surface area contributed by atoms with Crippen LogP contribution >= 0.6 is 22.7 Å². The number of carbonyl (C=O) groups excluding carboxylic acids is 2. The fraction of sp³-hybridized carbons (Fsp3) is 0.0667. The Morgan fingerprint density at radius 1 is 1.29 bits per heavy atom. The summed E-state index contributed by atoms with van der Waals surface area (Å²) in [6, 6.07) is 5.80. The second-order valence-corrected chi connectivity index (χ2v) is 6.64. The molecule has 24 heavy (non-hydrogen) atoms. The zero-order valence-electron chi connectivity index (χ0n) is 11.9. The molecule has 0 saturated carbocycles. The highest BCUT2D eigenvalue weighted by Gasteiger charge is 2.47. The van der Waals surface area contributed by atoms with Gasteiger partial charge >= 0.3 is 0 Å². The van der Waals surface area contributed by atoms with Gasteiger partial charge in [-0.05, 0) is 23.6 Å². The number of furan rings is 1. The maximum atomic E-state index is 12.8. The lowest BCUT2D eigenvalue weighted by atomic mass is 10.0. The first-order valence-corrected chi connectivity index (χ1v) is 8.59. The molecule has 1 aliphatic heterocycles. The molecule has 4 rings (SSSR count). The first-order chi connectivity index (χ1) is 11.7. The Hall–Kier alpha value is -2.78. The zero-order valence-corrected chi connectivity index (χ0v) is 13.6. The molecule has 9 heteroatoms. The van der Waals surface area contributed by atoms with Crippen molar-refractivity contribution in [2.24, 2.45) is 0 Å². The van der Waals surface area contributed by atoms with Crippen molar-refractivity contribution in [2.45, 2.75) is 6.04 Å². The zero-order chi connectivity index (χ0) is 16.7. The SMILES string of the molecule is O=C(C1=C(O)C(=O)N(c2nncs2)C1c1ccco1)c1cccs1. The molecule has 1 N–H and O–H groups in total. The highest BCUT2D eigenvalue weighted by Crippen LogP contribution is 2.42. The van der Waals surface area contributed by atoms with E-state index in [2.05, 4.69) is 10.2 Å². The van der Waals surface area contributed by atoms with Crippen molar-refractivity contribution in [1.29, 1.82) is 0 Å². The average molecular weight is 359 g/mol. The number of rotatable bonds is 4. The molecule has 0 aromatic carbocycles. The van der Waals surface area contributed by atoms with Crippen molar-refractivity contribution < 1.29 is 19.1 Å². The molecular formula is C15H9N3O4S2. The largest absolute Gasteiger partial charge is 0.503 e. The summed E-state index contributed by atoms with van der Waals surface area (Å²) >= 11 is 2.37. The number of carbonyl (C=O) groups is 2. The van der Waals surface area contributed by atoms with Crippen LogP contribution in [0.15, 0.2) is 57.2 Å². The van der Waals surface area contributed by atoms with Crippen LogP contribution in [0.2, 0.25) is 0 Å². The topological polar surface area (TPSA) is 96.5 Å². The highest BCUT2D eigenvalue weighted by molar-refractivity contribution is 7.13. The van der Waals surface area contributed by atoms with Crippen molar-refractivity contribution in [3.8, 4) is 0 Å². The number of hydrogen-bond acceptors (Lipinski definition) is 8. The van der Waals surface area contributed by atoms with Crippen LogP contribution in [0.5, 0.6) is 0 Å². The number of aliphatic hydroxyl groups is 1. The number of hydrogen-bond donors (Lipinski definition) is 1. The number of ketones is 1. The quantitative estimate of drug-likeness (QED) is 0.720. The number of anilines is 1. The predicted molar refractivity (Wildman–Crippen MR) is 87.1 cm³/mol. The van der Waals surface area contributed by atoms with Crippen molar-refractivity contribution >= 4 is 39.5 Å². The number of aromatic nitrogens is 2. The van der Waals surface area contributed by atoms with Gasteiger partial charge in [-0.25, -0.2) is 0 Å². The number of thiophene rings is 1. The van der Waals surface area contributed by atoms with Crippen LogP contribution in [0.25, 0.3) is 0 Å². The molecule has 1 unspecified atom stereocenters. The minimum Gasteiger partial charge on any atom is -0.503 e. The summed E-state index contributed by atoms with van der Waals surface area (Å²) in [5, 5.41) is 20.0. The molecule has 0 fully saturated rings. The molecule has 0 saturated heterocycles. The van der Waals surface area contributed by atoms with Crippen LogP contribution in [-0.4, -0.2) is 27.0 Å². The molecule has 4 heterocycles. The van der Waals surface area contributed by atoms with Crippen LogP contribution < -0.4 is 4.90 Å². The summed E-state index contributed by atoms with van der Waals surface area (Å²) in [4.78, 5) is 27.0. The second-order valence-electron chi connectivity index (χ2n) is 4.88. The smallest absolute Gasteiger partial charge is 0.296 e. The van der Waals surface area contributed by atoms with E-state index in [0.29, 0.717) is 10.6 Å². The molecule has 0 spiro atoms. The lowest BCUT2D eigenvalue weighted by Gasteiger charge is -2.21. The van der Waals surface area contributed by atoms with E-state index in [1.807, 2.05) is 0 Å². The van der Waals surface area contributed by atoms with Gasteiger partial charge in [0, 0.05) is 0 Å². The van der Waals surface area contributed by atoms with Gasteiger partial charge in [-0.3, -0.25) is 14.5 Å². The van der Waals surface area contributed by atoms with Gasteiger partial charge in [0.25, 0.3) is 5.91 Å². The van der Waals surface area contributed by atoms with Crippen LogP contribution in [-0.2, 0) is 4.79 Å². The average Bonchev–Trinajstić information content (AvgIpc) is 3.37. The van der Waals surface area contributed by atoms with Crippen molar-refractivity contribution in [3.63, 3.8) is 0 Å². The molecule has 0 aliphatic carbocycles. The van der Waals surface area contributed by atoms with Crippen LogP contribution in [0.4, 0.5) is 5.13 Å². The molecule has 1 aliphatic rings. The van der Waals surface area contributed by atoms with Crippen LogP contribution in [0.1, 0.15) is 21.5 Å². The van der Waals surface area contributed by atoms with E-state index < -0.39 is 23.5 Å². The molecule has 3 aromatic heterocycles. The second kappa shape index (κ2) is 5.69. The third-order valence-electron chi connectivity index (χ3n) is 3.57. The summed E-state index contributed by atoms with van der Waals surface area (Å²) in [5.74, 6) is -1.34. The first-order valence-electron chi connectivity index (χ1n) is 6.83. The number of nitrogens with zero attached hydrogens (tertiary/aromatic N) is 3. The van der Waals surface area contributed by atoms with Gasteiger partial charge in [0.05, 0.1) is 16.7 Å². The highest BCUT2D eigenvalue weighted by atomic mass is 32.1. The molecule has 1 atom stereocenters. The minimum absolute atomic E-state index is 0.0207. The number of aliphatic hydroxyl groups excluding tert-OH is 1. The Morgan fingerprint density at radius 2 is 2.17 bits per heavy atom. The van der Waals surface area contributed by atoms with E-state index in [9.17, 15) is 14.7 Å². The van der Waals surface area contributed by atoms with Crippen molar-refractivity contribution in [3.05, 3.63) is 63.4 Å². The molecular weight excluding hydrogens is 350 g/mol. The van der Waals surface area contributed by atoms with Gasteiger partial charge in [0.2, 0.25) is 10.9 Å². The summed E-state index contributed by atoms with van der Waals surface area (Å²) in [7, 11) is 0. The Bertz CT molecular complexity index is 914. The minimum atomic E-state index is -0.880. The van der Waals surface area contributed by atoms with Gasteiger partial charge < -0.3 is 9.52 Å². The molecule has 3 aromatic rings. The Balaban J connectivity index is 1.87. The maximum absolute atomic E-state index is 12.8. The van der Waals surface area contributed by atoms with Gasteiger partial charge in [-0.2, -0.15) is 0 Å². The van der Waals surface area contributed by atoms with E-state index in [1.165, 1.54) is 28.0 Å². The van der Waals surface area contributed by atoms with Crippen LogP contribution in [0, 0.1) is 0 Å². The van der Waals surface area contributed by atoms with E-state index in [1.54, 1.807) is 29.6 Å². The Labute approximate surface area is 143 Å². The first kappa shape index (κ1) is 14.8. The Morgan fingerprint density at radius 3 is 2.79 bits per heavy atom. The number of Topliss-reactive ketones (excluding diaryl/α,β-unsaturated/α-hetero) is 1.